The number of aromatic nitrogens is 3. The molecule has 11 heteroatoms. The highest BCUT2D eigenvalue weighted by atomic mass is 19.3. The Morgan fingerprint density at radius 2 is 1.89 bits per heavy atom. The largest absolute Gasteiger partial charge is 0.348 e. The van der Waals surface area contributed by atoms with Crippen molar-refractivity contribution in [3.8, 4) is 0 Å². The number of benzene rings is 1. The van der Waals surface area contributed by atoms with Gasteiger partial charge in [-0.15, -0.1) is 6.58 Å². The average molecular weight is 510 g/mol. The molecule has 1 aliphatic heterocycles. The third kappa shape index (κ3) is 5.41. The van der Waals surface area contributed by atoms with Crippen LogP contribution in [0.25, 0.3) is 0 Å². The zero-order valence-electron chi connectivity index (χ0n) is 20.0. The van der Waals surface area contributed by atoms with Gasteiger partial charge in [0, 0.05) is 36.9 Å². The molecule has 1 saturated carbocycles. The van der Waals surface area contributed by atoms with Crippen LogP contribution in [0.1, 0.15) is 40.0 Å². The quantitative estimate of drug-likeness (QED) is 0.331. The van der Waals surface area contributed by atoms with Gasteiger partial charge in [-0.1, -0.05) is 12.1 Å². The number of carbonyl (C=O) groups excluding carboxylic acids is 1. The van der Waals surface area contributed by atoms with Crippen LogP contribution in [0, 0.1) is 0 Å². The minimum atomic E-state index is -3.04. The van der Waals surface area contributed by atoms with Crippen molar-refractivity contribution in [2.45, 2.75) is 37.4 Å². The number of amides is 1. The third-order valence-electron chi connectivity index (χ3n) is 6.35. The number of nitrogens with one attached hydrogen (secondary N) is 4. The third-order valence-corrected chi connectivity index (χ3v) is 6.35. The fourth-order valence-electron chi connectivity index (χ4n) is 4.49. The van der Waals surface area contributed by atoms with Gasteiger partial charge < -0.3 is 21.3 Å². The van der Waals surface area contributed by atoms with Crippen molar-refractivity contribution >= 4 is 29.0 Å². The highest BCUT2D eigenvalue weighted by molar-refractivity contribution is 5.99. The fourth-order valence-corrected chi connectivity index (χ4v) is 4.49. The zero-order chi connectivity index (χ0) is 26.0. The van der Waals surface area contributed by atoms with Crippen LogP contribution in [0.3, 0.4) is 0 Å². The highest BCUT2D eigenvalue weighted by Crippen LogP contribution is 2.54. The summed E-state index contributed by atoms with van der Waals surface area (Å²) in [6.07, 6.45) is 3.33. The molecule has 1 fully saturated rings. The van der Waals surface area contributed by atoms with Gasteiger partial charge in [-0.2, -0.15) is 4.98 Å². The number of hydrogen-bond donors (Lipinski definition) is 4. The van der Waals surface area contributed by atoms with E-state index in [4.69, 9.17) is 0 Å². The molecule has 0 radical (unpaired) electrons. The van der Waals surface area contributed by atoms with E-state index in [1.807, 2.05) is 18.2 Å². The molecule has 4 N–H and O–H groups in total. The van der Waals surface area contributed by atoms with E-state index in [0.717, 1.165) is 25.2 Å². The van der Waals surface area contributed by atoms with Crippen molar-refractivity contribution in [1.82, 2.24) is 25.6 Å². The first-order valence-corrected chi connectivity index (χ1v) is 11.9. The Bertz CT molecular complexity index is 1340. The lowest BCUT2D eigenvalue weighted by atomic mass is 9.76. The van der Waals surface area contributed by atoms with Crippen LogP contribution < -0.4 is 21.3 Å². The van der Waals surface area contributed by atoms with Crippen LogP contribution in [0.4, 0.5) is 36.3 Å². The topological polar surface area (TPSA) is 104 Å². The SMILES string of the molecule is C=CCNC(=O)c1cnc(Nc2ccc3c(c2)CCNC3)nc1Nc1ccnc(C2(F)CC(F)(F)C2)c1. The Morgan fingerprint density at radius 3 is 2.68 bits per heavy atom. The number of pyridine rings is 1. The molecule has 2 aromatic heterocycles. The van der Waals surface area contributed by atoms with Gasteiger partial charge in [0.1, 0.15) is 11.4 Å². The van der Waals surface area contributed by atoms with Crippen LogP contribution in [-0.2, 0) is 18.6 Å². The number of anilines is 4. The lowest BCUT2D eigenvalue weighted by Crippen LogP contribution is -2.46. The molecule has 3 heterocycles. The van der Waals surface area contributed by atoms with Crippen LogP contribution >= 0.6 is 0 Å². The van der Waals surface area contributed by atoms with Crippen LogP contribution in [0.5, 0.6) is 0 Å². The van der Waals surface area contributed by atoms with E-state index in [-0.39, 0.29) is 29.6 Å². The number of alkyl halides is 3. The van der Waals surface area contributed by atoms with Gasteiger partial charge >= 0.3 is 0 Å². The summed E-state index contributed by atoms with van der Waals surface area (Å²) in [4.78, 5) is 25.5. The summed E-state index contributed by atoms with van der Waals surface area (Å²) < 4.78 is 41.7. The van der Waals surface area contributed by atoms with E-state index < -0.39 is 30.3 Å². The summed E-state index contributed by atoms with van der Waals surface area (Å²) in [5, 5.41) is 12.2. The molecule has 1 aromatic carbocycles. The molecule has 0 saturated heterocycles. The maximum Gasteiger partial charge on any atom is 0.256 e. The standard InChI is InChI=1S/C26H26F3N7O/c1-2-7-32-23(37)20-13-33-24(35-18-4-3-17-12-30-8-5-16(17)10-18)36-22(20)34-19-6-9-31-21(11-19)25(27)14-26(28,29)15-25/h2-4,6,9-11,13,30H,1,5,7-8,12,14-15H2,(H,32,37)(H2,31,33,34,35,36). The van der Waals surface area contributed by atoms with Crippen LogP contribution in [0.15, 0.2) is 55.4 Å². The monoisotopic (exact) mass is 509 g/mol. The first-order chi connectivity index (χ1) is 17.7. The molecule has 1 aliphatic carbocycles. The van der Waals surface area contributed by atoms with Gasteiger partial charge in [-0.3, -0.25) is 9.78 Å². The number of halogens is 3. The number of nitrogens with zero attached hydrogens (tertiary/aromatic N) is 3. The van der Waals surface area contributed by atoms with E-state index in [1.165, 1.54) is 35.7 Å². The van der Waals surface area contributed by atoms with Crippen molar-refractivity contribution in [1.29, 1.82) is 0 Å². The zero-order valence-corrected chi connectivity index (χ0v) is 20.0. The Morgan fingerprint density at radius 1 is 1.08 bits per heavy atom. The van der Waals surface area contributed by atoms with Crippen molar-refractivity contribution in [3.05, 3.63) is 77.8 Å². The molecular formula is C26H26F3N7O. The highest BCUT2D eigenvalue weighted by Gasteiger charge is 2.59. The maximum absolute atomic E-state index is 14.9. The smallest absolute Gasteiger partial charge is 0.256 e. The normalized spacial score (nSPS) is 17.2. The number of carbonyl (C=O) groups is 1. The van der Waals surface area contributed by atoms with E-state index in [1.54, 1.807) is 6.07 Å². The summed E-state index contributed by atoms with van der Waals surface area (Å²) in [6, 6.07) is 8.91. The van der Waals surface area contributed by atoms with Crippen molar-refractivity contribution in [2.24, 2.45) is 0 Å². The minimum Gasteiger partial charge on any atom is -0.348 e. The molecule has 37 heavy (non-hydrogen) atoms. The first-order valence-electron chi connectivity index (χ1n) is 11.9. The van der Waals surface area contributed by atoms with Crippen LogP contribution in [-0.4, -0.2) is 39.9 Å². The summed E-state index contributed by atoms with van der Waals surface area (Å²) in [5.74, 6) is -3.08. The van der Waals surface area contributed by atoms with Gasteiger partial charge in [-0.05, 0) is 48.4 Å². The van der Waals surface area contributed by atoms with Gasteiger partial charge in [0.15, 0.2) is 5.67 Å². The fraction of sp³-hybridized carbons (Fsp3) is 0.308. The summed E-state index contributed by atoms with van der Waals surface area (Å²) in [6.45, 7) is 5.55. The maximum atomic E-state index is 14.9. The second-order valence-corrected chi connectivity index (χ2v) is 9.22. The van der Waals surface area contributed by atoms with E-state index >= 15 is 0 Å². The minimum absolute atomic E-state index is 0.1000. The number of fused-ring (bicyclic) bond motifs is 1. The van der Waals surface area contributed by atoms with E-state index in [0.29, 0.717) is 5.69 Å². The van der Waals surface area contributed by atoms with Crippen LogP contribution in [0.2, 0.25) is 0 Å². The predicted octanol–water partition coefficient (Wildman–Crippen LogP) is 4.51. The molecule has 192 valence electrons. The predicted molar refractivity (Wildman–Crippen MR) is 134 cm³/mol. The molecule has 8 nitrogen and oxygen atoms in total. The van der Waals surface area contributed by atoms with Gasteiger partial charge in [-0.25, -0.2) is 18.2 Å². The second-order valence-electron chi connectivity index (χ2n) is 9.22. The number of rotatable bonds is 8. The first kappa shape index (κ1) is 24.7. The van der Waals surface area contributed by atoms with Crippen molar-refractivity contribution in [2.75, 3.05) is 23.7 Å². The van der Waals surface area contributed by atoms with Gasteiger partial charge in [0.2, 0.25) is 5.95 Å². The van der Waals surface area contributed by atoms with Crippen molar-refractivity contribution in [3.63, 3.8) is 0 Å². The van der Waals surface area contributed by atoms with Gasteiger partial charge in [0.05, 0.1) is 18.5 Å². The summed E-state index contributed by atoms with van der Waals surface area (Å²) >= 11 is 0. The molecule has 0 bridgehead atoms. The molecule has 1 amide bonds. The summed E-state index contributed by atoms with van der Waals surface area (Å²) in [7, 11) is 0. The molecule has 0 unspecified atom stereocenters. The Balaban J connectivity index is 1.42. The van der Waals surface area contributed by atoms with Gasteiger partial charge in [0.25, 0.3) is 11.8 Å². The second kappa shape index (κ2) is 9.81. The molecule has 0 spiro atoms. The van der Waals surface area contributed by atoms with Crippen molar-refractivity contribution < 1.29 is 18.0 Å². The molecule has 3 aromatic rings. The molecular weight excluding hydrogens is 483 g/mol. The molecule has 2 aliphatic rings. The Labute approximate surface area is 211 Å². The molecule has 5 rings (SSSR count). The summed E-state index contributed by atoms with van der Waals surface area (Å²) in [5.41, 5.74) is 1.45. The Kier molecular flexibility index (Phi) is 6.55. The average Bonchev–Trinajstić information content (AvgIpc) is 2.86. The lowest BCUT2D eigenvalue weighted by Gasteiger charge is -2.40. The Hall–Kier alpha value is -3.99. The lowest BCUT2D eigenvalue weighted by molar-refractivity contribution is -0.176. The molecule has 0 atom stereocenters. The number of hydrogen-bond acceptors (Lipinski definition) is 7. The van der Waals surface area contributed by atoms with E-state index in [9.17, 15) is 18.0 Å². The van der Waals surface area contributed by atoms with E-state index in [2.05, 4.69) is 42.8 Å².